The molecule has 0 aromatic heterocycles. The van der Waals surface area contributed by atoms with Crippen molar-refractivity contribution < 1.29 is 9.59 Å². The van der Waals surface area contributed by atoms with Crippen LogP contribution >= 0.6 is 0 Å². The molecule has 0 radical (unpaired) electrons. The molecule has 0 aliphatic heterocycles. The average Bonchev–Trinajstić information content (AvgIpc) is 2.38. The van der Waals surface area contributed by atoms with E-state index < -0.39 is 11.8 Å². The highest BCUT2D eigenvalue weighted by Crippen LogP contribution is 2.06. The molecule has 0 fully saturated rings. The lowest BCUT2D eigenvalue weighted by Gasteiger charge is -2.06. The van der Waals surface area contributed by atoms with E-state index in [4.69, 9.17) is 5.26 Å². The van der Waals surface area contributed by atoms with Crippen LogP contribution in [-0.4, -0.2) is 24.9 Å². The number of carbonyl (C=O) groups is 2. The fraction of sp³-hybridized carbons (Fsp3) is 0.308. The number of amides is 2. The Bertz CT molecular complexity index is 477. The van der Waals surface area contributed by atoms with E-state index in [0.717, 1.165) is 11.1 Å². The van der Waals surface area contributed by atoms with Gasteiger partial charge in [-0.3, -0.25) is 9.59 Å². The minimum Gasteiger partial charge on any atom is -0.348 e. The smallest absolute Gasteiger partial charge is 0.310 e. The number of nitrogens with zero attached hydrogens (tertiary/aromatic N) is 1. The monoisotopic (exact) mass is 245 g/mol. The van der Waals surface area contributed by atoms with Crippen molar-refractivity contribution >= 4 is 11.8 Å². The van der Waals surface area contributed by atoms with Gasteiger partial charge in [-0.25, -0.2) is 0 Å². The van der Waals surface area contributed by atoms with Crippen molar-refractivity contribution in [1.29, 1.82) is 5.26 Å². The van der Waals surface area contributed by atoms with E-state index in [2.05, 4.69) is 10.6 Å². The second kappa shape index (κ2) is 7.07. The van der Waals surface area contributed by atoms with Gasteiger partial charge in [-0.1, -0.05) is 24.3 Å². The number of carbonyl (C=O) groups excluding carboxylic acids is 2. The summed E-state index contributed by atoms with van der Waals surface area (Å²) in [4.78, 5) is 22.4. The van der Waals surface area contributed by atoms with Crippen LogP contribution in [0, 0.1) is 18.3 Å². The van der Waals surface area contributed by atoms with Crippen LogP contribution in [0.5, 0.6) is 0 Å². The van der Waals surface area contributed by atoms with Crippen LogP contribution in [0.15, 0.2) is 24.3 Å². The molecule has 0 saturated carbocycles. The van der Waals surface area contributed by atoms with Crippen LogP contribution in [-0.2, 0) is 16.0 Å². The summed E-state index contributed by atoms with van der Waals surface area (Å²) in [5.41, 5.74) is 2.29. The molecule has 0 bridgehead atoms. The van der Waals surface area contributed by atoms with Crippen LogP contribution in [0.1, 0.15) is 11.1 Å². The molecule has 0 aliphatic rings. The van der Waals surface area contributed by atoms with Crippen molar-refractivity contribution in [2.75, 3.05) is 13.1 Å². The second-order valence-corrected chi connectivity index (χ2v) is 3.77. The number of hydrogen-bond acceptors (Lipinski definition) is 3. The zero-order chi connectivity index (χ0) is 13.4. The Balaban J connectivity index is 2.34. The van der Waals surface area contributed by atoms with Gasteiger partial charge in [0.25, 0.3) is 0 Å². The van der Waals surface area contributed by atoms with Crippen molar-refractivity contribution in [3.63, 3.8) is 0 Å². The standard InChI is InChI=1S/C13H15N3O2/c1-10-4-2-3-5-11(10)6-8-15-12(17)13(18)16-9-7-14/h2-5H,6,8-9H2,1H3,(H,15,17)(H,16,18). The third-order valence-corrected chi connectivity index (χ3v) is 2.48. The third-order valence-electron chi connectivity index (χ3n) is 2.48. The van der Waals surface area contributed by atoms with Crippen molar-refractivity contribution in [3.8, 4) is 6.07 Å². The molecule has 0 saturated heterocycles. The molecule has 18 heavy (non-hydrogen) atoms. The van der Waals surface area contributed by atoms with E-state index in [-0.39, 0.29) is 6.54 Å². The molecule has 2 N–H and O–H groups in total. The molecule has 0 spiro atoms. The van der Waals surface area contributed by atoms with Gasteiger partial charge in [0.05, 0.1) is 6.07 Å². The van der Waals surface area contributed by atoms with Gasteiger partial charge >= 0.3 is 11.8 Å². The quantitative estimate of drug-likeness (QED) is 0.591. The first-order chi connectivity index (χ1) is 8.65. The average molecular weight is 245 g/mol. The van der Waals surface area contributed by atoms with Crippen LogP contribution in [0.25, 0.3) is 0 Å². The van der Waals surface area contributed by atoms with Crippen molar-refractivity contribution in [2.24, 2.45) is 0 Å². The molecular weight excluding hydrogens is 230 g/mol. The Labute approximate surface area is 106 Å². The summed E-state index contributed by atoms with van der Waals surface area (Å²) in [5, 5.41) is 12.9. The molecule has 1 aromatic carbocycles. The fourth-order valence-corrected chi connectivity index (χ4v) is 1.48. The molecule has 0 unspecified atom stereocenters. The molecule has 0 heterocycles. The van der Waals surface area contributed by atoms with Gasteiger partial charge in [0.2, 0.25) is 0 Å². The Morgan fingerprint density at radius 1 is 1.22 bits per heavy atom. The second-order valence-electron chi connectivity index (χ2n) is 3.77. The first-order valence-electron chi connectivity index (χ1n) is 5.62. The summed E-state index contributed by atoms with van der Waals surface area (Å²) >= 11 is 0. The zero-order valence-electron chi connectivity index (χ0n) is 10.2. The van der Waals surface area contributed by atoms with Crippen LogP contribution in [0.3, 0.4) is 0 Å². The minimum absolute atomic E-state index is 0.163. The summed E-state index contributed by atoms with van der Waals surface area (Å²) in [7, 11) is 0. The maximum Gasteiger partial charge on any atom is 0.310 e. The van der Waals surface area contributed by atoms with Gasteiger partial charge in [-0.05, 0) is 24.5 Å². The van der Waals surface area contributed by atoms with Crippen molar-refractivity contribution in [2.45, 2.75) is 13.3 Å². The summed E-state index contributed by atoms with van der Waals surface area (Å²) < 4.78 is 0. The Morgan fingerprint density at radius 2 is 1.89 bits per heavy atom. The maximum atomic E-state index is 11.3. The van der Waals surface area contributed by atoms with E-state index in [1.165, 1.54) is 0 Å². The van der Waals surface area contributed by atoms with Gasteiger partial charge in [-0.15, -0.1) is 0 Å². The van der Waals surface area contributed by atoms with E-state index in [9.17, 15) is 9.59 Å². The van der Waals surface area contributed by atoms with E-state index >= 15 is 0 Å². The lowest BCUT2D eigenvalue weighted by Crippen LogP contribution is -2.40. The van der Waals surface area contributed by atoms with Crippen molar-refractivity contribution in [3.05, 3.63) is 35.4 Å². The largest absolute Gasteiger partial charge is 0.348 e. The molecule has 2 amide bonds. The summed E-state index contributed by atoms with van der Waals surface area (Å²) in [6.07, 6.45) is 0.671. The van der Waals surface area contributed by atoms with Gasteiger partial charge in [0.1, 0.15) is 6.54 Å². The Kier molecular flexibility index (Phi) is 5.39. The normalized spacial score (nSPS) is 9.33. The van der Waals surface area contributed by atoms with Crippen LogP contribution in [0.4, 0.5) is 0 Å². The van der Waals surface area contributed by atoms with Crippen molar-refractivity contribution in [1.82, 2.24) is 10.6 Å². The van der Waals surface area contributed by atoms with Gasteiger partial charge in [0, 0.05) is 6.54 Å². The highest BCUT2D eigenvalue weighted by atomic mass is 16.2. The molecule has 0 atom stereocenters. The third kappa shape index (κ3) is 4.26. The van der Waals surface area contributed by atoms with E-state index in [1.807, 2.05) is 31.2 Å². The van der Waals surface area contributed by atoms with E-state index in [0.29, 0.717) is 13.0 Å². The highest BCUT2D eigenvalue weighted by molar-refractivity contribution is 6.35. The van der Waals surface area contributed by atoms with Gasteiger partial charge in [0.15, 0.2) is 0 Å². The van der Waals surface area contributed by atoms with Gasteiger partial charge < -0.3 is 10.6 Å². The lowest BCUT2D eigenvalue weighted by atomic mass is 10.1. The topological polar surface area (TPSA) is 82.0 Å². The predicted molar refractivity (Wildman–Crippen MR) is 66.5 cm³/mol. The molecular formula is C13H15N3O2. The zero-order valence-corrected chi connectivity index (χ0v) is 10.2. The van der Waals surface area contributed by atoms with Crippen LogP contribution < -0.4 is 10.6 Å². The molecule has 5 heteroatoms. The molecule has 5 nitrogen and oxygen atoms in total. The lowest BCUT2D eigenvalue weighted by molar-refractivity contribution is -0.139. The fourth-order valence-electron chi connectivity index (χ4n) is 1.48. The summed E-state index contributed by atoms with van der Waals surface area (Å²) in [6, 6.07) is 9.60. The number of nitriles is 1. The number of nitrogens with one attached hydrogen (secondary N) is 2. The summed E-state index contributed by atoms with van der Waals surface area (Å²) in [5.74, 6) is -1.49. The highest BCUT2D eigenvalue weighted by Gasteiger charge is 2.11. The molecule has 1 aromatic rings. The first kappa shape index (κ1) is 13.7. The number of benzene rings is 1. The predicted octanol–water partition coefficient (Wildman–Crippen LogP) is 0.293. The van der Waals surface area contributed by atoms with Crippen LogP contribution in [0.2, 0.25) is 0 Å². The first-order valence-corrected chi connectivity index (χ1v) is 5.62. The Hall–Kier alpha value is -2.35. The molecule has 94 valence electrons. The maximum absolute atomic E-state index is 11.3. The number of aryl methyl sites for hydroxylation is 1. The van der Waals surface area contributed by atoms with E-state index in [1.54, 1.807) is 6.07 Å². The molecule has 0 aliphatic carbocycles. The number of hydrogen-bond donors (Lipinski definition) is 2. The summed E-state index contributed by atoms with van der Waals surface area (Å²) in [6.45, 7) is 2.23. The molecule has 1 rings (SSSR count). The Morgan fingerprint density at radius 3 is 2.56 bits per heavy atom. The minimum atomic E-state index is -0.777. The SMILES string of the molecule is Cc1ccccc1CCNC(=O)C(=O)NCC#N. The van der Waals surface area contributed by atoms with Gasteiger partial charge in [-0.2, -0.15) is 5.26 Å². The number of rotatable bonds is 4.